The van der Waals surface area contributed by atoms with Crippen molar-refractivity contribution in [1.29, 1.82) is 0 Å². The topological polar surface area (TPSA) is 76.0 Å². The van der Waals surface area contributed by atoms with Gasteiger partial charge in [-0.1, -0.05) is 23.7 Å². The van der Waals surface area contributed by atoms with Crippen LogP contribution in [0.15, 0.2) is 0 Å². The summed E-state index contributed by atoms with van der Waals surface area (Å²) in [4.78, 5) is 10.7. The van der Waals surface area contributed by atoms with Gasteiger partial charge in [0.2, 0.25) is 0 Å². The van der Waals surface area contributed by atoms with E-state index in [1.807, 2.05) is 0 Å². The predicted octanol–water partition coefficient (Wildman–Crippen LogP) is -0.869. The summed E-state index contributed by atoms with van der Waals surface area (Å²) in [6.07, 6.45) is -0.885. The van der Waals surface area contributed by atoms with Gasteiger partial charge < -0.3 is 19.7 Å². The third-order valence-corrected chi connectivity index (χ3v) is 0.932. The van der Waals surface area contributed by atoms with Crippen LogP contribution in [0.2, 0.25) is 0 Å². The smallest absolute Gasteiger partial charge is 0.421 e. The zero-order valence-corrected chi connectivity index (χ0v) is 7.45. The van der Waals surface area contributed by atoms with Crippen molar-refractivity contribution >= 4 is 6.16 Å². The third-order valence-electron chi connectivity index (χ3n) is 0.932. The quantitative estimate of drug-likeness (QED) is 0.445. The first kappa shape index (κ1) is 12.3. The van der Waals surface area contributed by atoms with Crippen LogP contribution in [0.4, 0.5) is 4.79 Å². The van der Waals surface area contributed by atoms with E-state index in [1.54, 1.807) is 0 Å². The predicted molar refractivity (Wildman–Crippen MR) is 47.0 cm³/mol. The molecule has 0 amide bonds. The summed E-state index contributed by atoms with van der Waals surface area (Å²) < 4.78 is 8.90. The monoisotopic (exact) mass is 198 g/mol. The number of hydrogen-bond acceptors (Lipinski definition) is 5. The highest BCUT2D eigenvalue weighted by Gasteiger charge is 1.98. The number of carbonyl (C=O) groups is 1. The van der Waals surface area contributed by atoms with Crippen molar-refractivity contribution in [2.45, 2.75) is 0 Å². The van der Waals surface area contributed by atoms with Gasteiger partial charge in [0.1, 0.15) is 13.2 Å². The largest absolute Gasteiger partial charge is 0.510 e. The summed E-state index contributed by atoms with van der Waals surface area (Å²) >= 11 is 0. The van der Waals surface area contributed by atoms with Gasteiger partial charge in [-0.15, -0.1) is 0 Å². The first-order valence-electron chi connectivity index (χ1n) is 3.74. The summed E-state index contributed by atoms with van der Waals surface area (Å²) in [6, 6.07) is 0. The Kier molecular flexibility index (Phi) is 8.26. The molecule has 0 aromatic carbocycles. The van der Waals surface area contributed by atoms with Gasteiger partial charge in [0.25, 0.3) is 0 Å². The van der Waals surface area contributed by atoms with E-state index in [4.69, 9.17) is 10.2 Å². The van der Waals surface area contributed by atoms with Gasteiger partial charge in [0.15, 0.2) is 13.2 Å². The van der Waals surface area contributed by atoms with Gasteiger partial charge in [-0.3, -0.25) is 0 Å². The van der Waals surface area contributed by atoms with Crippen LogP contribution in [0.5, 0.6) is 0 Å². The van der Waals surface area contributed by atoms with Crippen LogP contribution >= 0.6 is 0 Å². The second-order valence-corrected chi connectivity index (χ2v) is 1.85. The molecule has 2 N–H and O–H groups in total. The van der Waals surface area contributed by atoms with E-state index in [9.17, 15) is 4.79 Å². The van der Waals surface area contributed by atoms with E-state index >= 15 is 0 Å². The van der Waals surface area contributed by atoms with E-state index in [1.165, 1.54) is 0 Å². The fraction of sp³-hybridized carbons (Fsp3) is 0.444. The number of rotatable bonds is 2. The molecule has 76 valence electrons. The van der Waals surface area contributed by atoms with Gasteiger partial charge in [-0.2, -0.15) is 0 Å². The van der Waals surface area contributed by atoms with Crippen molar-refractivity contribution in [3.63, 3.8) is 0 Å². The molecule has 0 spiro atoms. The van der Waals surface area contributed by atoms with Crippen LogP contribution in [0, 0.1) is 23.7 Å². The van der Waals surface area contributed by atoms with E-state index < -0.39 is 6.16 Å². The molecule has 0 aromatic rings. The molecule has 0 rings (SSSR count). The Hall–Kier alpha value is -1.69. The van der Waals surface area contributed by atoms with E-state index in [0.29, 0.717) is 0 Å². The highest BCUT2D eigenvalue weighted by Crippen LogP contribution is 1.83. The van der Waals surface area contributed by atoms with Crippen LogP contribution in [0.25, 0.3) is 0 Å². The molecule has 0 radical (unpaired) electrons. The summed E-state index contributed by atoms with van der Waals surface area (Å²) in [7, 11) is 0. The fourth-order valence-corrected chi connectivity index (χ4v) is 0.446. The van der Waals surface area contributed by atoms with Crippen LogP contribution in [-0.4, -0.2) is 42.8 Å². The van der Waals surface area contributed by atoms with E-state index in [-0.39, 0.29) is 26.4 Å². The van der Waals surface area contributed by atoms with Crippen LogP contribution < -0.4 is 0 Å². The Morgan fingerprint density at radius 1 is 0.929 bits per heavy atom. The first-order chi connectivity index (χ1) is 6.81. The second-order valence-electron chi connectivity index (χ2n) is 1.85. The lowest BCUT2D eigenvalue weighted by atomic mass is 10.6. The molecule has 0 saturated heterocycles. The Morgan fingerprint density at radius 3 is 1.71 bits per heavy atom. The maximum absolute atomic E-state index is 10.7. The molecule has 0 fully saturated rings. The number of aliphatic hydroxyl groups is 2. The lowest BCUT2D eigenvalue weighted by molar-refractivity contribution is 0.0744. The fourth-order valence-electron chi connectivity index (χ4n) is 0.446. The second kappa shape index (κ2) is 9.40. The molecular weight excluding hydrogens is 188 g/mol. The van der Waals surface area contributed by atoms with Crippen LogP contribution in [-0.2, 0) is 9.47 Å². The molecule has 0 bridgehead atoms. The van der Waals surface area contributed by atoms with Crippen molar-refractivity contribution in [2.75, 3.05) is 26.4 Å². The first-order valence-corrected chi connectivity index (χ1v) is 3.74. The molecule has 0 atom stereocenters. The van der Waals surface area contributed by atoms with Crippen molar-refractivity contribution in [1.82, 2.24) is 0 Å². The Bertz CT molecular complexity index is 247. The number of hydrogen-bond donors (Lipinski definition) is 2. The molecule has 0 aliphatic carbocycles. The Morgan fingerprint density at radius 2 is 1.36 bits per heavy atom. The summed E-state index contributed by atoms with van der Waals surface area (Å²) in [5, 5.41) is 16.5. The molecule has 14 heavy (non-hydrogen) atoms. The van der Waals surface area contributed by atoms with Gasteiger partial charge in [-0.25, -0.2) is 4.79 Å². The molecule has 5 heteroatoms. The summed E-state index contributed by atoms with van der Waals surface area (Å²) in [6.45, 7) is -0.819. The molecule has 0 aliphatic heterocycles. The molecule has 0 aliphatic rings. The van der Waals surface area contributed by atoms with Gasteiger partial charge in [0, 0.05) is 0 Å². The van der Waals surface area contributed by atoms with Gasteiger partial charge in [0.05, 0.1) is 0 Å². The lowest BCUT2D eigenvalue weighted by Crippen LogP contribution is -2.07. The lowest BCUT2D eigenvalue weighted by Gasteiger charge is -1.98. The highest BCUT2D eigenvalue weighted by molar-refractivity contribution is 5.60. The molecule has 0 saturated carbocycles. The van der Waals surface area contributed by atoms with Crippen molar-refractivity contribution in [2.24, 2.45) is 0 Å². The van der Waals surface area contributed by atoms with Crippen LogP contribution in [0.3, 0.4) is 0 Å². The molecular formula is C9H10O5. The maximum atomic E-state index is 10.7. The van der Waals surface area contributed by atoms with E-state index in [2.05, 4.69) is 33.2 Å². The van der Waals surface area contributed by atoms with Gasteiger partial charge >= 0.3 is 6.16 Å². The van der Waals surface area contributed by atoms with Crippen LogP contribution in [0.1, 0.15) is 0 Å². The average molecular weight is 198 g/mol. The minimum atomic E-state index is -0.885. The highest BCUT2D eigenvalue weighted by atomic mass is 16.7. The summed E-state index contributed by atoms with van der Waals surface area (Å²) in [5.74, 6) is 9.32. The van der Waals surface area contributed by atoms with Crippen molar-refractivity contribution in [3.8, 4) is 23.7 Å². The normalized spacial score (nSPS) is 7.57. The average Bonchev–Trinajstić information content (AvgIpc) is 2.19. The minimum Gasteiger partial charge on any atom is -0.421 e. The Labute approximate surface area is 81.6 Å². The third kappa shape index (κ3) is 8.41. The molecule has 0 aromatic heterocycles. The van der Waals surface area contributed by atoms with E-state index in [0.717, 1.165) is 0 Å². The number of ether oxygens (including phenoxy) is 2. The summed E-state index contributed by atoms with van der Waals surface area (Å²) in [5.41, 5.74) is 0. The zero-order valence-electron chi connectivity index (χ0n) is 7.45. The number of carbonyl (C=O) groups excluding carboxylic acids is 1. The van der Waals surface area contributed by atoms with Crippen molar-refractivity contribution < 1.29 is 24.5 Å². The Balaban J connectivity index is 3.46. The molecule has 0 unspecified atom stereocenters. The SMILES string of the molecule is O=C(OCC#CCO)OCC#CCO. The molecule has 5 nitrogen and oxygen atoms in total. The maximum Gasteiger partial charge on any atom is 0.510 e. The zero-order chi connectivity index (χ0) is 10.6. The molecule has 0 heterocycles. The minimum absolute atomic E-state index is 0.132. The standard InChI is InChI=1S/C9H10O5/c10-5-1-3-7-13-9(12)14-8-4-2-6-11/h10-11H,5-8H2. The van der Waals surface area contributed by atoms with Gasteiger partial charge in [-0.05, 0) is 0 Å². The number of aliphatic hydroxyl groups excluding tert-OH is 2. The van der Waals surface area contributed by atoms with Crippen molar-refractivity contribution in [3.05, 3.63) is 0 Å².